The molecule has 0 spiro atoms. The molecule has 2 nitrogen and oxygen atoms in total. The minimum Gasteiger partial charge on any atom is -0.457 e. The third-order valence-corrected chi connectivity index (χ3v) is 17.4. The van der Waals surface area contributed by atoms with Crippen LogP contribution in [0.15, 0.2) is 126 Å². The van der Waals surface area contributed by atoms with Crippen LogP contribution >= 0.6 is 0 Å². The molecule has 3 aromatic carbocycles. The lowest BCUT2D eigenvalue weighted by Crippen LogP contribution is -2.70. The smallest absolute Gasteiger partial charge is 0.155 e. The van der Waals surface area contributed by atoms with Crippen molar-refractivity contribution in [3.8, 4) is 0 Å². The van der Waals surface area contributed by atoms with Crippen molar-refractivity contribution in [1.29, 1.82) is 0 Å². The molecule has 0 N–H and O–H groups in total. The highest BCUT2D eigenvalue weighted by molar-refractivity contribution is 7.12. The summed E-state index contributed by atoms with van der Waals surface area (Å²) < 4.78 is 9.09. The molecular weight excluding hydrogens is 635 g/mol. The average molecular weight is 678 g/mol. The molecule has 0 aliphatic heterocycles. The Bertz CT molecular complexity index is 2300. The van der Waals surface area contributed by atoms with Crippen molar-refractivity contribution < 1.29 is 4.42 Å². The maximum atomic E-state index is 6.46. The van der Waals surface area contributed by atoms with E-state index in [4.69, 9.17) is 4.42 Å². The molecule has 0 bridgehead atoms. The maximum absolute atomic E-state index is 6.46. The number of nitrogens with zero attached hydrogens (tertiary/aromatic N) is 1. The van der Waals surface area contributed by atoms with Gasteiger partial charge in [-0.25, -0.2) is 0 Å². The van der Waals surface area contributed by atoms with Gasteiger partial charge in [0, 0.05) is 28.2 Å². The first-order chi connectivity index (χ1) is 25.3. The Hall–Kier alpha value is -5.12. The quantitative estimate of drug-likeness (QED) is 0.129. The zero-order chi connectivity index (χ0) is 33.8. The number of hydrogen-bond donors (Lipinski definition) is 0. The summed E-state index contributed by atoms with van der Waals surface area (Å²) in [4.78, 5) is 0. The van der Waals surface area contributed by atoms with Gasteiger partial charge in [-0.05, 0) is 125 Å². The SMILES string of the molecule is C1=CCCC(n2c3c(c4c2CCC=C4)CC([Si](c2ccccc2)(c2ccccc2)c2cccc(C4=Cc5oc6c(c5CC4)CCC=C6)c2)C=C3)=C1. The standard InChI is InChI=1S/C48H43NOSi/c1-4-16-36(17-5-1)49-45-25-12-10-23-41(45)44-33-40(28-30-46(44)49)51(37-18-6-2-7-19-37,38-20-8-3-9-21-38)39-22-14-15-34(31-39)35-27-29-43-42-24-11-13-26-47(42)50-48(43)32-35/h1-4,6-10,13-16,18-23,26,28,30-32,40H,5,11-12,17,24-25,27,29,33H2. The van der Waals surface area contributed by atoms with Crippen molar-refractivity contribution in [3.05, 3.63) is 172 Å². The zero-order valence-corrected chi connectivity index (χ0v) is 30.2. The van der Waals surface area contributed by atoms with E-state index in [1.165, 1.54) is 66.0 Å². The molecule has 5 aliphatic carbocycles. The van der Waals surface area contributed by atoms with E-state index in [1.54, 1.807) is 0 Å². The third kappa shape index (κ3) is 4.97. The average Bonchev–Trinajstić information content (AvgIpc) is 3.75. The minimum atomic E-state index is -2.65. The Morgan fingerprint density at radius 1 is 0.627 bits per heavy atom. The number of fused-ring (bicyclic) bond motifs is 6. The fourth-order valence-electron chi connectivity index (χ4n) is 9.85. The summed E-state index contributed by atoms with van der Waals surface area (Å²) in [7, 11) is -2.65. The lowest BCUT2D eigenvalue weighted by atomic mass is 9.88. The molecule has 10 rings (SSSR count). The fourth-order valence-corrected chi connectivity index (χ4v) is 15.2. The van der Waals surface area contributed by atoms with Crippen LogP contribution in [0.2, 0.25) is 5.54 Å². The molecule has 250 valence electrons. The molecule has 0 amide bonds. The lowest BCUT2D eigenvalue weighted by Gasteiger charge is -2.41. The van der Waals surface area contributed by atoms with E-state index in [1.807, 2.05) is 0 Å². The topological polar surface area (TPSA) is 18.1 Å². The summed E-state index contributed by atoms with van der Waals surface area (Å²) in [6, 6.07) is 32.7. The van der Waals surface area contributed by atoms with Crippen LogP contribution in [-0.2, 0) is 25.7 Å². The first-order valence-corrected chi connectivity index (χ1v) is 21.1. The van der Waals surface area contributed by atoms with Gasteiger partial charge in [-0.1, -0.05) is 121 Å². The molecule has 2 aromatic heterocycles. The van der Waals surface area contributed by atoms with E-state index in [0.717, 1.165) is 69.3 Å². The van der Waals surface area contributed by atoms with Gasteiger partial charge >= 0.3 is 0 Å². The van der Waals surface area contributed by atoms with E-state index in [9.17, 15) is 0 Å². The predicted molar refractivity (Wildman–Crippen MR) is 217 cm³/mol. The predicted octanol–water partition coefficient (Wildman–Crippen LogP) is 9.79. The Morgan fingerprint density at radius 3 is 2.18 bits per heavy atom. The first kappa shape index (κ1) is 30.7. The highest BCUT2D eigenvalue weighted by atomic mass is 28.3. The van der Waals surface area contributed by atoms with Gasteiger partial charge in [-0.15, -0.1) is 0 Å². The molecule has 0 saturated heterocycles. The van der Waals surface area contributed by atoms with Gasteiger partial charge in [0.15, 0.2) is 8.07 Å². The lowest BCUT2D eigenvalue weighted by molar-refractivity contribution is 0.538. The largest absolute Gasteiger partial charge is 0.457 e. The van der Waals surface area contributed by atoms with Gasteiger partial charge in [-0.2, -0.15) is 0 Å². The normalized spacial score (nSPS) is 18.8. The highest BCUT2D eigenvalue weighted by Gasteiger charge is 2.47. The van der Waals surface area contributed by atoms with Crippen molar-refractivity contribution in [3.63, 3.8) is 0 Å². The Balaban J connectivity index is 1.15. The van der Waals surface area contributed by atoms with Gasteiger partial charge in [-0.3, -0.25) is 0 Å². The molecule has 2 heterocycles. The Kier molecular flexibility index (Phi) is 7.57. The molecule has 0 fully saturated rings. The number of allylic oxidation sites excluding steroid dienone is 8. The zero-order valence-electron chi connectivity index (χ0n) is 29.2. The van der Waals surface area contributed by atoms with E-state index in [2.05, 4.69) is 150 Å². The summed E-state index contributed by atoms with van der Waals surface area (Å²) in [6.07, 6.45) is 33.4. The first-order valence-electron chi connectivity index (χ1n) is 19.0. The summed E-state index contributed by atoms with van der Waals surface area (Å²) in [5.74, 6) is 2.14. The van der Waals surface area contributed by atoms with Crippen LogP contribution in [0.25, 0.3) is 35.6 Å². The van der Waals surface area contributed by atoms with E-state index < -0.39 is 8.07 Å². The number of furan rings is 1. The second kappa shape index (κ2) is 12.6. The highest BCUT2D eigenvalue weighted by Crippen LogP contribution is 2.43. The van der Waals surface area contributed by atoms with Crippen LogP contribution in [0.3, 0.4) is 0 Å². The van der Waals surface area contributed by atoms with Crippen LogP contribution < -0.4 is 15.6 Å². The van der Waals surface area contributed by atoms with Crippen LogP contribution in [0.1, 0.15) is 82.8 Å². The molecule has 0 saturated carbocycles. The Morgan fingerprint density at radius 2 is 1.37 bits per heavy atom. The van der Waals surface area contributed by atoms with Gasteiger partial charge < -0.3 is 8.98 Å². The van der Waals surface area contributed by atoms with Crippen molar-refractivity contribution in [2.24, 2.45) is 0 Å². The van der Waals surface area contributed by atoms with Gasteiger partial charge in [0.05, 0.1) is 0 Å². The summed E-state index contributed by atoms with van der Waals surface area (Å²) in [5.41, 5.74) is 13.3. The number of rotatable bonds is 6. The van der Waals surface area contributed by atoms with Gasteiger partial charge in [0.1, 0.15) is 11.5 Å². The molecule has 1 unspecified atom stereocenters. The van der Waals surface area contributed by atoms with E-state index in [-0.39, 0.29) is 0 Å². The van der Waals surface area contributed by atoms with Crippen LogP contribution in [-0.4, -0.2) is 12.6 Å². The van der Waals surface area contributed by atoms with Crippen molar-refractivity contribution in [2.45, 2.75) is 63.3 Å². The fraction of sp³-hybridized carbons (Fsp3) is 0.208. The number of aromatic nitrogens is 1. The molecule has 0 radical (unpaired) electrons. The van der Waals surface area contributed by atoms with Crippen LogP contribution in [0.4, 0.5) is 0 Å². The maximum Gasteiger partial charge on any atom is 0.155 e. The molecule has 1 atom stereocenters. The molecule has 51 heavy (non-hydrogen) atoms. The molecule has 5 aromatic rings. The Labute approximate surface area is 302 Å². The van der Waals surface area contributed by atoms with Crippen molar-refractivity contribution in [2.75, 3.05) is 0 Å². The second-order valence-corrected chi connectivity index (χ2v) is 18.9. The molecule has 3 heteroatoms. The second-order valence-electron chi connectivity index (χ2n) is 14.8. The summed E-state index contributed by atoms with van der Waals surface area (Å²) >= 11 is 0. The summed E-state index contributed by atoms with van der Waals surface area (Å²) in [6.45, 7) is 0. The van der Waals surface area contributed by atoms with Crippen LogP contribution in [0.5, 0.6) is 0 Å². The molecule has 5 aliphatic rings. The monoisotopic (exact) mass is 677 g/mol. The van der Waals surface area contributed by atoms with Crippen molar-refractivity contribution in [1.82, 2.24) is 4.57 Å². The van der Waals surface area contributed by atoms with E-state index >= 15 is 0 Å². The summed E-state index contributed by atoms with van der Waals surface area (Å²) in [5, 5.41) is 4.43. The number of hydrogen-bond acceptors (Lipinski definition) is 1. The van der Waals surface area contributed by atoms with Gasteiger partial charge in [0.2, 0.25) is 0 Å². The molecular formula is C48H43NOSi. The minimum absolute atomic E-state index is 0.344. The number of benzene rings is 3. The van der Waals surface area contributed by atoms with E-state index in [0.29, 0.717) is 5.54 Å². The third-order valence-electron chi connectivity index (χ3n) is 12.1. The van der Waals surface area contributed by atoms with Gasteiger partial charge in [0.25, 0.3) is 0 Å². The van der Waals surface area contributed by atoms with Crippen molar-refractivity contribution >= 4 is 59.2 Å². The van der Waals surface area contributed by atoms with Crippen LogP contribution in [0, 0.1) is 0 Å².